The summed E-state index contributed by atoms with van der Waals surface area (Å²) in [6.07, 6.45) is 8.90. The van der Waals surface area contributed by atoms with Crippen LogP contribution in [0.1, 0.15) is 58.8 Å². The van der Waals surface area contributed by atoms with Crippen molar-refractivity contribution in [1.82, 2.24) is 4.90 Å². The lowest BCUT2D eigenvalue weighted by molar-refractivity contribution is -0.150. The molecule has 110 valence electrons. The molecule has 3 heteroatoms. The Bertz CT molecular complexity index is 292. The average Bonchev–Trinajstić information content (AvgIpc) is 2.47. The van der Waals surface area contributed by atoms with E-state index in [1.54, 1.807) is 0 Å². The van der Waals surface area contributed by atoms with Gasteiger partial charge < -0.3 is 4.74 Å². The Morgan fingerprint density at radius 1 is 1.16 bits per heavy atom. The van der Waals surface area contributed by atoms with E-state index in [9.17, 15) is 4.79 Å². The van der Waals surface area contributed by atoms with Gasteiger partial charge in [0, 0.05) is 12.6 Å². The number of nitrogens with zero attached hydrogens (tertiary/aromatic N) is 1. The first-order chi connectivity index (χ1) is 9.26. The molecule has 0 spiro atoms. The minimum Gasteiger partial charge on any atom is -0.466 e. The number of hydrogen-bond acceptors (Lipinski definition) is 3. The molecule has 0 amide bonds. The van der Waals surface area contributed by atoms with E-state index in [0.29, 0.717) is 6.61 Å². The van der Waals surface area contributed by atoms with E-state index in [4.69, 9.17) is 4.74 Å². The Morgan fingerprint density at radius 2 is 1.95 bits per heavy atom. The molecular formula is C16H29NO2. The van der Waals surface area contributed by atoms with Gasteiger partial charge in [0.1, 0.15) is 0 Å². The van der Waals surface area contributed by atoms with Crippen molar-refractivity contribution in [3.8, 4) is 0 Å². The predicted molar refractivity (Wildman–Crippen MR) is 77.0 cm³/mol. The first kappa shape index (κ1) is 14.8. The Kier molecular flexibility index (Phi) is 5.68. The van der Waals surface area contributed by atoms with Crippen LogP contribution < -0.4 is 0 Å². The molecule has 2 aliphatic rings. The first-order valence-corrected chi connectivity index (χ1v) is 8.17. The van der Waals surface area contributed by atoms with Gasteiger partial charge in [-0.05, 0) is 45.1 Å². The third kappa shape index (κ3) is 3.71. The van der Waals surface area contributed by atoms with E-state index in [0.717, 1.165) is 31.3 Å². The van der Waals surface area contributed by atoms with E-state index < -0.39 is 0 Å². The van der Waals surface area contributed by atoms with Crippen LogP contribution in [-0.2, 0) is 9.53 Å². The molecule has 2 fully saturated rings. The zero-order valence-corrected chi connectivity index (χ0v) is 12.6. The van der Waals surface area contributed by atoms with Crippen LogP contribution in [0.25, 0.3) is 0 Å². The van der Waals surface area contributed by atoms with Gasteiger partial charge in [0.2, 0.25) is 0 Å². The van der Waals surface area contributed by atoms with Gasteiger partial charge in [-0.3, -0.25) is 9.69 Å². The summed E-state index contributed by atoms with van der Waals surface area (Å²) in [6.45, 7) is 6.83. The normalized spacial score (nSPS) is 33.1. The fraction of sp³-hybridized carbons (Fsp3) is 0.938. The quantitative estimate of drug-likeness (QED) is 0.732. The molecule has 2 rings (SSSR count). The van der Waals surface area contributed by atoms with Gasteiger partial charge in [0.25, 0.3) is 0 Å². The van der Waals surface area contributed by atoms with Gasteiger partial charge >= 0.3 is 5.97 Å². The van der Waals surface area contributed by atoms with Crippen molar-refractivity contribution in [2.24, 2.45) is 11.8 Å². The standard InChI is InChI=1S/C16H29NO2/c1-3-13-8-5-6-10-15(13)17-11-7-9-14(12-17)16(18)19-4-2/h13-15H,3-12H2,1-2H3/t13?,14-,15?/m1/s1. The molecule has 0 bridgehead atoms. The number of carbonyl (C=O) groups excluding carboxylic acids is 1. The highest BCUT2D eigenvalue weighted by molar-refractivity contribution is 5.72. The van der Waals surface area contributed by atoms with E-state index in [2.05, 4.69) is 11.8 Å². The van der Waals surface area contributed by atoms with Gasteiger partial charge in [0.15, 0.2) is 0 Å². The highest BCUT2D eigenvalue weighted by Gasteiger charge is 2.34. The summed E-state index contributed by atoms with van der Waals surface area (Å²) in [5.74, 6) is 0.985. The van der Waals surface area contributed by atoms with Crippen LogP contribution in [0.5, 0.6) is 0 Å². The second kappa shape index (κ2) is 7.28. The molecule has 1 saturated heterocycles. The van der Waals surface area contributed by atoms with Crippen LogP contribution >= 0.6 is 0 Å². The molecule has 1 heterocycles. The average molecular weight is 267 g/mol. The summed E-state index contributed by atoms with van der Waals surface area (Å²) >= 11 is 0. The van der Waals surface area contributed by atoms with Gasteiger partial charge in [-0.2, -0.15) is 0 Å². The van der Waals surface area contributed by atoms with Crippen molar-refractivity contribution in [1.29, 1.82) is 0 Å². The molecule has 0 N–H and O–H groups in total. The lowest BCUT2D eigenvalue weighted by Gasteiger charge is -2.43. The summed E-state index contributed by atoms with van der Waals surface area (Å²) in [6, 6.07) is 0.718. The Hall–Kier alpha value is -0.570. The van der Waals surface area contributed by atoms with Crippen molar-refractivity contribution in [2.75, 3.05) is 19.7 Å². The fourth-order valence-electron chi connectivity index (χ4n) is 3.91. The SMILES string of the molecule is CCOC(=O)[C@@H]1CCCN(C2CCCCC2CC)C1. The molecule has 0 aromatic carbocycles. The zero-order chi connectivity index (χ0) is 13.7. The maximum Gasteiger partial charge on any atom is 0.310 e. The smallest absolute Gasteiger partial charge is 0.310 e. The largest absolute Gasteiger partial charge is 0.466 e. The van der Waals surface area contributed by atoms with Crippen LogP contribution in [0.3, 0.4) is 0 Å². The molecule has 3 nitrogen and oxygen atoms in total. The molecule has 1 aliphatic carbocycles. The highest BCUT2D eigenvalue weighted by atomic mass is 16.5. The number of rotatable bonds is 4. The summed E-state index contributed by atoms with van der Waals surface area (Å²) < 4.78 is 5.20. The maximum absolute atomic E-state index is 11.9. The van der Waals surface area contributed by atoms with Crippen LogP contribution in [0.15, 0.2) is 0 Å². The third-order valence-electron chi connectivity index (χ3n) is 4.94. The minimum absolute atomic E-state index is 0.0241. The highest BCUT2D eigenvalue weighted by Crippen LogP contribution is 2.33. The van der Waals surface area contributed by atoms with Crippen molar-refractivity contribution >= 4 is 5.97 Å². The number of carbonyl (C=O) groups is 1. The van der Waals surface area contributed by atoms with Crippen molar-refractivity contribution in [2.45, 2.75) is 64.8 Å². The van der Waals surface area contributed by atoms with Gasteiger partial charge in [-0.25, -0.2) is 0 Å². The molecule has 3 atom stereocenters. The first-order valence-electron chi connectivity index (χ1n) is 8.17. The van der Waals surface area contributed by atoms with E-state index >= 15 is 0 Å². The number of hydrogen-bond donors (Lipinski definition) is 0. The van der Waals surface area contributed by atoms with E-state index in [1.807, 2.05) is 6.92 Å². The Balaban J connectivity index is 1.94. The summed E-state index contributed by atoms with van der Waals surface area (Å²) in [4.78, 5) is 14.5. The predicted octanol–water partition coefficient (Wildman–Crippen LogP) is 3.23. The minimum atomic E-state index is 0.0241. The molecule has 1 aliphatic heterocycles. The number of piperidine rings is 1. The summed E-state index contributed by atoms with van der Waals surface area (Å²) in [7, 11) is 0. The molecule has 19 heavy (non-hydrogen) atoms. The Morgan fingerprint density at radius 3 is 2.68 bits per heavy atom. The van der Waals surface area contributed by atoms with Crippen LogP contribution in [0, 0.1) is 11.8 Å². The van der Waals surface area contributed by atoms with Crippen molar-refractivity contribution in [3.05, 3.63) is 0 Å². The number of ether oxygens (including phenoxy) is 1. The zero-order valence-electron chi connectivity index (χ0n) is 12.6. The maximum atomic E-state index is 11.9. The molecule has 1 saturated carbocycles. The van der Waals surface area contributed by atoms with Gasteiger partial charge in [-0.1, -0.05) is 26.2 Å². The second-order valence-corrected chi connectivity index (χ2v) is 6.11. The lowest BCUT2D eigenvalue weighted by Crippen LogP contribution is -2.48. The van der Waals surface area contributed by atoms with Crippen molar-refractivity contribution < 1.29 is 9.53 Å². The van der Waals surface area contributed by atoms with E-state index in [-0.39, 0.29) is 11.9 Å². The number of esters is 1. The summed E-state index contributed by atoms with van der Waals surface area (Å²) in [5, 5.41) is 0. The van der Waals surface area contributed by atoms with Crippen LogP contribution in [0.2, 0.25) is 0 Å². The van der Waals surface area contributed by atoms with Crippen molar-refractivity contribution in [3.63, 3.8) is 0 Å². The second-order valence-electron chi connectivity index (χ2n) is 6.11. The van der Waals surface area contributed by atoms with Gasteiger partial charge in [-0.15, -0.1) is 0 Å². The van der Waals surface area contributed by atoms with Crippen LogP contribution in [-0.4, -0.2) is 36.6 Å². The topological polar surface area (TPSA) is 29.5 Å². The van der Waals surface area contributed by atoms with E-state index in [1.165, 1.54) is 38.6 Å². The van der Waals surface area contributed by atoms with Crippen LogP contribution in [0.4, 0.5) is 0 Å². The number of likely N-dealkylation sites (tertiary alicyclic amines) is 1. The van der Waals surface area contributed by atoms with Gasteiger partial charge in [0.05, 0.1) is 12.5 Å². The monoisotopic (exact) mass is 267 g/mol. The molecule has 0 aromatic rings. The molecule has 0 aromatic heterocycles. The molecular weight excluding hydrogens is 238 g/mol. The lowest BCUT2D eigenvalue weighted by atomic mass is 9.80. The third-order valence-corrected chi connectivity index (χ3v) is 4.94. The fourth-order valence-corrected chi connectivity index (χ4v) is 3.91. The molecule has 0 radical (unpaired) electrons. The summed E-state index contributed by atoms with van der Waals surface area (Å²) in [5.41, 5.74) is 0. The molecule has 2 unspecified atom stereocenters. The Labute approximate surface area is 117 Å².